The highest BCUT2D eigenvalue weighted by Gasteiger charge is 2.26. The lowest BCUT2D eigenvalue weighted by molar-refractivity contribution is -0.0174. The van der Waals surface area contributed by atoms with Crippen LogP contribution in [-0.2, 0) is 9.47 Å². The summed E-state index contributed by atoms with van der Waals surface area (Å²) in [5.41, 5.74) is -0.461. The van der Waals surface area contributed by atoms with Crippen LogP contribution in [0.15, 0.2) is 4.99 Å². The number of amides is 1. The number of hydrogen-bond acceptors (Lipinski definition) is 5. The molecule has 2 unspecified atom stereocenters. The SMILES string of the molecule is CN=C(NCC(C)N1CCOCC1C)NC1CCC(NC(=O)OC(C)(C)C)CC1.I. The van der Waals surface area contributed by atoms with Crippen molar-refractivity contribution in [1.82, 2.24) is 20.9 Å². The maximum Gasteiger partial charge on any atom is 0.407 e. The number of guanidine groups is 1. The van der Waals surface area contributed by atoms with E-state index < -0.39 is 5.60 Å². The van der Waals surface area contributed by atoms with Crippen molar-refractivity contribution < 1.29 is 14.3 Å². The van der Waals surface area contributed by atoms with E-state index in [0.717, 1.165) is 57.9 Å². The summed E-state index contributed by atoms with van der Waals surface area (Å²) in [6.45, 7) is 13.5. The summed E-state index contributed by atoms with van der Waals surface area (Å²) in [6, 6.07) is 1.42. The van der Waals surface area contributed by atoms with E-state index in [0.29, 0.717) is 18.1 Å². The Bertz CT molecular complexity index is 547. The fraction of sp³-hybridized carbons (Fsp3) is 0.905. The fourth-order valence-electron chi connectivity index (χ4n) is 4.00. The normalized spacial score (nSPS) is 26.9. The molecule has 0 radical (unpaired) electrons. The molecule has 2 atom stereocenters. The van der Waals surface area contributed by atoms with E-state index in [4.69, 9.17) is 9.47 Å². The number of halogens is 1. The van der Waals surface area contributed by atoms with E-state index in [-0.39, 0.29) is 36.1 Å². The van der Waals surface area contributed by atoms with Gasteiger partial charge in [0, 0.05) is 44.3 Å². The topological polar surface area (TPSA) is 87.2 Å². The van der Waals surface area contributed by atoms with Gasteiger partial charge in [0.25, 0.3) is 0 Å². The first kappa shape index (κ1) is 27.2. The molecule has 1 aliphatic carbocycles. The van der Waals surface area contributed by atoms with Crippen LogP contribution in [-0.4, -0.2) is 80.1 Å². The Morgan fingerprint density at radius 2 is 1.80 bits per heavy atom. The molecule has 8 nitrogen and oxygen atoms in total. The van der Waals surface area contributed by atoms with Gasteiger partial charge < -0.3 is 25.4 Å². The number of ether oxygens (including phenoxy) is 2. The molecule has 0 aromatic heterocycles. The lowest BCUT2D eigenvalue weighted by Crippen LogP contribution is -2.54. The van der Waals surface area contributed by atoms with E-state index in [9.17, 15) is 4.79 Å². The second kappa shape index (κ2) is 12.9. The highest BCUT2D eigenvalue weighted by molar-refractivity contribution is 14.0. The summed E-state index contributed by atoms with van der Waals surface area (Å²) in [4.78, 5) is 18.8. The molecule has 2 rings (SSSR count). The molecule has 2 aliphatic rings. The minimum Gasteiger partial charge on any atom is -0.444 e. The Morgan fingerprint density at radius 3 is 2.33 bits per heavy atom. The molecular formula is C21H42IN5O3. The van der Waals surface area contributed by atoms with Crippen LogP contribution >= 0.6 is 24.0 Å². The molecule has 30 heavy (non-hydrogen) atoms. The van der Waals surface area contributed by atoms with Gasteiger partial charge in [0.1, 0.15) is 5.60 Å². The fourth-order valence-corrected chi connectivity index (χ4v) is 4.00. The predicted molar refractivity (Wildman–Crippen MR) is 132 cm³/mol. The third-order valence-electron chi connectivity index (χ3n) is 5.56. The van der Waals surface area contributed by atoms with E-state index in [1.807, 2.05) is 27.8 Å². The van der Waals surface area contributed by atoms with Crippen LogP contribution in [0.2, 0.25) is 0 Å². The highest BCUT2D eigenvalue weighted by atomic mass is 127. The zero-order valence-corrected chi connectivity index (χ0v) is 21.8. The standard InChI is InChI=1S/C21H41N5O3.HI/c1-15(26-11-12-28-14-16(26)2)13-23-19(22-6)24-17-7-9-18(10-8-17)25-20(27)29-21(3,4)5;/h15-18H,7-14H2,1-6H3,(H,25,27)(H2,22,23,24);1H. The number of hydrogen-bond donors (Lipinski definition) is 3. The first-order valence-corrected chi connectivity index (χ1v) is 11.0. The molecule has 9 heteroatoms. The van der Waals surface area contributed by atoms with Gasteiger partial charge >= 0.3 is 6.09 Å². The summed E-state index contributed by atoms with van der Waals surface area (Å²) < 4.78 is 10.9. The van der Waals surface area contributed by atoms with Crippen molar-refractivity contribution in [2.24, 2.45) is 4.99 Å². The first-order valence-electron chi connectivity index (χ1n) is 11.0. The molecule has 1 amide bonds. The number of carbonyl (C=O) groups excluding carboxylic acids is 1. The van der Waals surface area contributed by atoms with Crippen molar-refractivity contribution >= 4 is 36.0 Å². The first-order chi connectivity index (χ1) is 13.7. The number of nitrogens with zero attached hydrogens (tertiary/aromatic N) is 2. The van der Waals surface area contributed by atoms with Gasteiger partial charge in [0.15, 0.2) is 5.96 Å². The van der Waals surface area contributed by atoms with Crippen molar-refractivity contribution in [1.29, 1.82) is 0 Å². The van der Waals surface area contributed by atoms with E-state index in [2.05, 4.69) is 39.7 Å². The van der Waals surface area contributed by atoms with Crippen LogP contribution < -0.4 is 16.0 Å². The molecule has 1 saturated carbocycles. The number of aliphatic imine (C=N–C) groups is 1. The largest absolute Gasteiger partial charge is 0.444 e. The summed E-state index contributed by atoms with van der Waals surface area (Å²) >= 11 is 0. The Labute approximate surface area is 199 Å². The molecule has 2 fully saturated rings. The smallest absolute Gasteiger partial charge is 0.407 e. The molecule has 0 bridgehead atoms. The van der Waals surface area contributed by atoms with Crippen molar-refractivity contribution in [3.8, 4) is 0 Å². The van der Waals surface area contributed by atoms with Gasteiger partial charge in [-0.15, -0.1) is 24.0 Å². The molecule has 176 valence electrons. The molecule has 0 aromatic carbocycles. The Kier molecular flexibility index (Phi) is 11.7. The monoisotopic (exact) mass is 539 g/mol. The minimum atomic E-state index is -0.461. The van der Waals surface area contributed by atoms with Gasteiger partial charge in [-0.1, -0.05) is 0 Å². The van der Waals surface area contributed by atoms with Crippen LogP contribution in [0.3, 0.4) is 0 Å². The molecule has 1 aliphatic heterocycles. The zero-order chi connectivity index (χ0) is 21.4. The van der Waals surface area contributed by atoms with Crippen LogP contribution in [0.5, 0.6) is 0 Å². The Morgan fingerprint density at radius 1 is 1.20 bits per heavy atom. The lowest BCUT2D eigenvalue weighted by Gasteiger charge is -2.38. The van der Waals surface area contributed by atoms with Crippen LogP contribution in [0.4, 0.5) is 4.79 Å². The van der Waals surface area contributed by atoms with E-state index in [1.54, 1.807) is 0 Å². The predicted octanol–water partition coefficient (Wildman–Crippen LogP) is 2.71. The lowest BCUT2D eigenvalue weighted by atomic mass is 9.91. The van der Waals surface area contributed by atoms with Crippen LogP contribution in [0, 0.1) is 0 Å². The van der Waals surface area contributed by atoms with E-state index >= 15 is 0 Å². The van der Waals surface area contributed by atoms with Crippen molar-refractivity contribution in [3.63, 3.8) is 0 Å². The second-order valence-corrected chi connectivity index (χ2v) is 9.30. The van der Waals surface area contributed by atoms with Crippen LogP contribution in [0.1, 0.15) is 60.3 Å². The van der Waals surface area contributed by atoms with Crippen LogP contribution in [0.25, 0.3) is 0 Å². The van der Waals surface area contributed by atoms with Gasteiger partial charge in [-0.2, -0.15) is 0 Å². The molecular weight excluding hydrogens is 497 g/mol. The number of rotatable bonds is 5. The quantitative estimate of drug-likeness (QED) is 0.283. The maximum atomic E-state index is 11.9. The molecule has 1 heterocycles. The summed E-state index contributed by atoms with van der Waals surface area (Å²) in [7, 11) is 1.81. The number of morpholine rings is 1. The van der Waals surface area contributed by atoms with Crippen molar-refractivity contribution in [2.45, 2.75) is 90.1 Å². The molecule has 0 aromatic rings. The molecule has 0 spiro atoms. The van der Waals surface area contributed by atoms with Gasteiger partial charge in [-0.3, -0.25) is 9.89 Å². The maximum absolute atomic E-state index is 11.9. The molecule has 3 N–H and O–H groups in total. The van der Waals surface area contributed by atoms with Crippen molar-refractivity contribution in [3.05, 3.63) is 0 Å². The minimum absolute atomic E-state index is 0. The zero-order valence-electron chi connectivity index (χ0n) is 19.5. The Hall–Kier alpha value is -0.810. The number of nitrogens with one attached hydrogen (secondary N) is 3. The number of carbonyl (C=O) groups is 1. The van der Waals surface area contributed by atoms with Gasteiger partial charge in [-0.25, -0.2) is 4.79 Å². The average molecular weight is 540 g/mol. The van der Waals surface area contributed by atoms with Gasteiger partial charge in [-0.05, 0) is 60.3 Å². The summed E-state index contributed by atoms with van der Waals surface area (Å²) in [5.74, 6) is 0.848. The second-order valence-electron chi connectivity index (χ2n) is 9.30. The highest BCUT2D eigenvalue weighted by Crippen LogP contribution is 2.19. The summed E-state index contributed by atoms with van der Waals surface area (Å²) in [5, 5.41) is 10.0. The number of alkyl carbamates (subject to hydrolysis) is 1. The third kappa shape index (κ3) is 9.55. The Balaban J connectivity index is 0.00000450. The third-order valence-corrected chi connectivity index (χ3v) is 5.56. The summed E-state index contributed by atoms with van der Waals surface area (Å²) in [6.07, 6.45) is 3.55. The average Bonchev–Trinajstić information content (AvgIpc) is 2.65. The molecule has 1 saturated heterocycles. The van der Waals surface area contributed by atoms with Gasteiger partial charge in [0.2, 0.25) is 0 Å². The van der Waals surface area contributed by atoms with Gasteiger partial charge in [0.05, 0.1) is 13.2 Å². The van der Waals surface area contributed by atoms with E-state index in [1.165, 1.54) is 0 Å². The van der Waals surface area contributed by atoms with Crippen molar-refractivity contribution in [2.75, 3.05) is 33.4 Å².